The Kier molecular flexibility index (Phi) is 5.68. The molecule has 0 radical (unpaired) electrons. The second kappa shape index (κ2) is 7.95. The van der Waals surface area contributed by atoms with E-state index >= 15 is 0 Å². The number of rotatable bonds is 6. The van der Waals surface area contributed by atoms with E-state index < -0.39 is 0 Å². The van der Waals surface area contributed by atoms with Crippen molar-refractivity contribution in [3.05, 3.63) is 28.6 Å². The molecule has 3 rings (SSSR count). The van der Waals surface area contributed by atoms with Crippen LogP contribution in [-0.4, -0.2) is 23.6 Å². The molecule has 0 unspecified atom stereocenters. The number of benzene rings is 1. The van der Waals surface area contributed by atoms with E-state index in [9.17, 15) is 9.59 Å². The van der Waals surface area contributed by atoms with Gasteiger partial charge in [-0.3, -0.25) is 9.59 Å². The molecular weight excluding hydrogens is 336 g/mol. The number of carbonyl (C=O) groups excluding carboxylic acids is 2. The zero-order valence-corrected chi connectivity index (χ0v) is 15.6. The molecule has 1 fully saturated rings. The second-order valence-electron chi connectivity index (χ2n) is 6.53. The van der Waals surface area contributed by atoms with Gasteiger partial charge >= 0.3 is 5.97 Å². The molecule has 1 aliphatic carbocycles. The maximum atomic E-state index is 12.3. The Morgan fingerprint density at radius 3 is 2.80 bits per heavy atom. The molecule has 134 valence electrons. The third kappa shape index (κ3) is 4.00. The number of hydrogen-bond acceptors (Lipinski definition) is 4. The summed E-state index contributed by atoms with van der Waals surface area (Å²) >= 11 is 1.47. The minimum Gasteiger partial charge on any atom is -0.468 e. The van der Waals surface area contributed by atoms with Gasteiger partial charge in [0.1, 0.15) is 6.54 Å². The molecule has 1 heterocycles. The van der Waals surface area contributed by atoms with Crippen LogP contribution in [0.5, 0.6) is 0 Å². The fourth-order valence-corrected chi connectivity index (χ4v) is 4.03. The van der Waals surface area contributed by atoms with Crippen LogP contribution in [0.1, 0.15) is 44.6 Å². The summed E-state index contributed by atoms with van der Waals surface area (Å²) in [5, 5.41) is 0. The molecule has 5 nitrogen and oxygen atoms in total. The fourth-order valence-electron chi connectivity index (χ4n) is 2.93. The maximum Gasteiger partial charge on any atom is 0.325 e. The van der Waals surface area contributed by atoms with Crippen LogP contribution in [0.15, 0.2) is 23.2 Å². The van der Waals surface area contributed by atoms with Crippen molar-refractivity contribution in [1.29, 1.82) is 0 Å². The van der Waals surface area contributed by atoms with E-state index in [-0.39, 0.29) is 24.3 Å². The van der Waals surface area contributed by atoms with Crippen LogP contribution in [0.25, 0.3) is 10.2 Å². The molecule has 0 N–H and O–H groups in total. The standard InChI is InChI=1S/C19H24N2O3S/c1-3-4-6-13-9-10-15-16(11-13)25-19(21(15)12-17(22)24-2)20-18(23)14-7-5-8-14/h9-11,14H,3-8,12H2,1-2H3. The molecule has 25 heavy (non-hydrogen) atoms. The minimum absolute atomic E-state index is 0.0527. The van der Waals surface area contributed by atoms with E-state index in [1.807, 2.05) is 6.07 Å². The van der Waals surface area contributed by atoms with Gasteiger partial charge in [0.25, 0.3) is 5.91 Å². The lowest BCUT2D eigenvalue weighted by Gasteiger charge is -2.20. The molecule has 2 aromatic rings. The lowest BCUT2D eigenvalue weighted by Crippen LogP contribution is -2.26. The van der Waals surface area contributed by atoms with Crippen LogP contribution in [0.4, 0.5) is 0 Å². The number of amides is 1. The normalized spacial score (nSPS) is 15.4. The molecule has 0 aliphatic heterocycles. The molecule has 0 spiro atoms. The van der Waals surface area contributed by atoms with Crippen molar-refractivity contribution in [3.8, 4) is 0 Å². The van der Waals surface area contributed by atoms with E-state index in [0.717, 1.165) is 48.7 Å². The van der Waals surface area contributed by atoms with Gasteiger partial charge in [-0.2, -0.15) is 4.99 Å². The molecule has 1 saturated carbocycles. The zero-order valence-electron chi connectivity index (χ0n) is 14.8. The summed E-state index contributed by atoms with van der Waals surface area (Å²) in [7, 11) is 1.37. The van der Waals surface area contributed by atoms with Gasteiger partial charge in [0, 0.05) is 5.92 Å². The number of thiazole rings is 1. The zero-order chi connectivity index (χ0) is 17.8. The van der Waals surface area contributed by atoms with E-state index in [1.54, 1.807) is 4.57 Å². The molecule has 6 heteroatoms. The van der Waals surface area contributed by atoms with E-state index in [2.05, 4.69) is 24.0 Å². The predicted molar refractivity (Wildman–Crippen MR) is 98.4 cm³/mol. The van der Waals surface area contributed by atoms with Gasteiger partial charge in [0.2, 0.25) is 0 Å². The van der Waals surface area contributed by atoms with Crippen LogP contribution in [0, 0.1) is 5.92 Å². The highest BCUT2D eigenvalue weighted by molar-refractivity contribution is 7.16. The first kappa shape index (κ1) is 17.9. The van der Waals surface area contributed by atoms with Gasteiger partial charge in [0.15, 0.2) is 4.80 Å². The molecule has 1 amide bonds. The average molecular weight is 360 g/mol. The topological polar surface area (TPSA) is 60.7 Å². The largest absolute Gasteiger partial charge is 0.468 e. The summed E-state index contributed by atoms with van der Waals surface area (Å²) in [6.45, 7) is 2.25. The first-order valence-corrected chi connectivity index (χ1v) is 9.71. The number of fused-ring (bicyclic) bond motifs is 1. The number of aromatic nitrogens is 1. The van der Waals surface area contributed by atoms with Crippen molar-refractivity contribution in [3.63, 3.8) is 0 Å². The Hall–Kier alpha value is -1.95. The average Bonchev–Trinajstić information content (AvgIpc) is 2.87. The smallest absolute Gasteiger partial charge is 0.325 e. The first-order chi connectivity index (χ1) is 12.1. The van der Waals surface area contributed by atoms with Gasteiger partial charge in [-0.15, -0.1) is 0 Å². The third-order valence-corrected chi connectivity index (χ3v) is 5.78. The van der Waals surface area contributed by atoms with Crippen LogP contribution in [0.2, 0.25) is 0 Å². The molecule has 0 bridgehead atoms. The molecule has 0 atom stereocenters. The van der Waals surface area contributed by atoms with Crippen LogP contribution in [0.3, 0.4) is 0 Å². The Bertz CT molecular complexity index is 846. The van der Waals surface area contributed by atoms with Gasteiger partial charge in [-0.1, -0.05) is 37.2 Å². The SMILES string of the molecule is CCCCc1ccc2c(c1)sc(=NC(=O)C1CCC1)n2CC(=O)OC. The van der Waals surface area contributed by atoms with E-state index in [0.29, 0.717) is 4.80 Å². The Labute approximate surface area is 151 Å². The van der Waals surface area contributed by atoms with Crippen molar-refractivity contribution < 1.29 is 14.3 Å². The third-order valence-electron chi connectivity index (χ3n) is 4.74. The second-order valence-corrected chi connectivity index (χ2v) is 7.54. The Morgan fingerprint density at radius 2 is 2.16 bits per heavy atom. The summed E-state index contributed by atoms with van der Waals surface area (Å²) in [5.41, 5.74) is 2.20. The van der Waals surface area contributed by atoms with Crippen molar-refractivity contribution in [2.24, 2.45) is 10.9 Å². The molecule has 1 aliphatic rings. The number of aryl methyl sites for hydroxylation is 1. The van der Waals surface area contributed by atoms with E-state index in [1.165, 1.54) is 24.0 Å². The van der Waals surface area contributed by atoms with Crippen molar-refractivity contribution in [2.45, 2.75) is 52.0 Å². The molecule has 0 saturated heterocycles. The quantitative estimate of drug-likeness (QED) is 0.741. The number of ether oxygens (including phenoxy) is 1. The maximum absolute atomic E-state index is 12.3. The van der Waals surface area contributed by atoms with E-state index in [4.69, 9.17) is 4.74 Å². The first-order valence-electron chi connectivity index (χ1n) is 8.90. The lowest BCUT2D eigenvalue weighted by molar-refractivity contribution is -0.141. The van der Waals surface area contributed by atoms with Crippen LogP contribution >= 0.6 is 11.3 Å². The minimum atomic E-state index is -0.340. The lowest BCUT2D eigenvalue weighted by atomic mass is 9.85. The number of carbonyl (C=O) groups is 2. The summed E-state index contributed by atoms with van der Waals surface area (Å²) < 4.78 is 7.66. The summed E-state index contributed by atoms with van der Waals surface area (Å²) in [5.74, 6) is -0.355. The number of nitrogens with zero attached hydrogens (tertiary/aromatic N) is 2. The summed E-state index contributed by atoms with van der Waals surface area (Å²) in [4.78, 5) is 29.0. The van der Waals surface area contributed by atoms with Gasteiger partial charge in [0.05, 0.1) is 17.3 Å². The van der Waals surface area contributed by atoms with Crippen LogP contribution in [-0.2, 0) is 27.3 Å². The van der Waals surface area contributed by atoms with Gasteiger partial charge < -0.3 is 9.30 Å². The Balaban J connectivity index is 2.02. The van der Waals surface area contributed by atoms with Crippen molar-refractivity contribution >= 4 is 33.4 Å². The highest BCUT2D eigenvalue weighted by atomic mass is 32.1. The number of methoxy groups -OCH3 is 1. The Morgan fingerprint density at radius 1 is 1.36 bits per heavy atom. The number of unbranched alkanes of at least 4 members (excludes halogenated alkanes) is 1. The van der Waals surface area contributed by atoms with Gasteiger partial charge in [-0.25, -0.2) is 0 Å². The number of esters is 1. The van der Waals surface area contributed by atoms with Crippen molar-refractivity contribution in [1.82, 2.24) is 4.57 Å². The van der Waals surface area contributed by atoms with Gasteiger partial charge in [-0.05, 0) is 43.4 Å². The summed E-state index contributed by atoms with van der Waals surface area (Å²) in [6, 6.07) is 6.26. The van der Waals surface area contributed by atoms with Crippen molar-refractivity contribution in [2.75, 3.05) is 7.11 Å². The fraction of sp³-hybridized carbons (Fsp3) is 0.526. The monoisotopic (exact) mass is 360 g/mol. The summed E-state index contributed by atoms with van der Waals surface area (Å²) in [6.07, 6.45) is 6.28. The van der Waals surface area contributed by atoms with Crippen LogP contribution < -0.4 is 4.80 Å². The molecule has 1 aromatic heterocycles. The molecular formula is C19H24N2O3S. The number of hydrogen-bond donors (Lipinski definition) is 0. The highest BCUT2D eigenvalue weighted by Crippen LogP contribution is 2.27. The highest BCUT2D eigenvalue weighted by Gasteiger charge is 2.25. The molecule has 1 aromatic carbocycles. The predicted octanol–water partition coefficient (Wildman–Crippen LogP) is 3.45.